The molecule has 0 aromatic heterocycles. The van der Waals surface area contributed by atoms with Gasteiger partial charge in [-0.3, -0.25) is 4.99 Å². The van der Waals surface area contributed by atoms with Crippen molar-refractivity contribution >= 4 is 35.6 Å². The lowest BCUT2D eigenvalue weighted by Gasteiger charge is -2.38. The second-order valence-corrected chi connectivity index (χ2v) is 6.85. The summed E-state index contributed by atoms with van der Waals surface area (Å²) in [7, 11) is 3.62. The van der Waals surface area contributed by atoms with Gasteiger partial charge in [-0.15, -0.1) is 24.0 Å². The van der Waals surface area contributed by atoms with E-state index < -0.39 is 0 Å². The van der Waals surface area contributed by atoms with Crippen LogP contribution in [0.2, 0.25) is 0 Å². The van der Waals surface area contributed by atoms with E-state index in [4.69, 9.17) is 4.74 Å². The number of nitrogens with one attached hydrogen (secondary N) is 1. The van der Waals surface area contributed by atoms with Gasteiger partial charge in [-0.1, -0.05) is 26.0 Å². The maximum atomic E-state index is 5.51. The van der Waals surface area contributed by atoms with E-state index in [1.807, 2.05) is 19.2 Å². The summed E-state index contributed by atoms with van der Waals surface area (Å²) in [6.07, 6.45) is 2.41. The number of hydrogen-bond donors (Lipinski definition) is 1. The Morgan fingerprint density at radius 2 is 1.79 bits per heavy atom. The van der Waals surface area contributed by atoms with Crippen molar-refractivity contribution in [3.63, 3.8) is 0 Å². The van der Waals surface area contributed by atoms with Gasteiger partial charge in [0.25, 0.3) is 0 Å². The average Bonchev–Trinajstić information content (AvgIpc) is 2.73. The van der Waals surface area contributed by atoms with Crippen LogP contribution in [0.15, 0.2) is 29.3 Å². The fraction of sp³-hybridized carbons (Fsp3) is 0.667. The molecule has 0 unspecified atom stereocenters. The molecular weight excluding hydrogens is 465 g/mol. The zero-order valence-corrected chi connectivity index (χ0v) is 20.3. The van der Waals surface area contributed by atoms with Crippen LogP contribution in [0.5, 0.6) is 5.75 Å². The molecule has 2 rings (SSSR count). The van der Waals surface area contributed by atoms with Crippen molar-refractivity contribution in [3.05, 3.63) is 24.3 Å². The van der Waals surface area contributed by atoms with Gasteiger partial charge in [0, 0.05) is 39.8 Å². The molecule has 7 heteroatoms. The molecule has 1 aromatic rings. The molecule has 1 fully saturated rings. The van der Waals surface area contributed by atoms with Crippen LogP contribution in [-0.2, 0) is 0 Å². The second kappa shape index (κ2) is 13.9. The number of aliphatic imine (C=N–C) groups is 1. The lowest BCUT2D eigenvalue weighted by molar-refractivity contribution is 0.296. The number of nitrogens with zero attached hydrogens (tertiary/aromatic N) is 4. The molecule has 0 aliphatic carbocycles. The number of hydrogen-bond acceptors (Lipinski definition) is 4. The number of guanidine groups is 1. The molecule has 1 aliphatic rings. The maximum Gasteiger partial charge on any atom is 0.193 e. The van der Waals surface area contributed by atoms with Gasteiger partial charge in [0.15, 0.2) is 5.96 Å². The third-order valence-corrected chi connectivity index (χ3v) is 5.30. The first-order valence-electron chi connectivity index (χ1n) is 10.3. The zero-order chi connectivity index (χ0) is 19.5. The van der Waals surface area contributed by atoms with Crippen LogP contribution in [0.4, 0.5) is 5.69 Å². The number of unbranched alkanes of at least 4 members (excludes halogenated alkanes) is 1. The minimum Gasteiger partial charge on any atom is -0.495 e. The summed E-state index contributed by atoms with van der Waals surface area (Å²) in [6.45, 7) is 12.8. The predicted octanol–water partition coefficient (Wildman–Crippen LogP) is 3.13. The van der Waals surface area contributed by atoms with Crippen molar-refractivity contribution in [2.24, 2.45) is 4.99 Å². The molecule has 160 valence electrons. The highest BCUT2D eigenvalue weighted by molar-refractivity contribution is 14.0. The van der Waals surface area contributed by atoms with E-state index in [2.05, 4.69) is 51.0 Å². The van der Waals surface area contributed by atoms with Crippen LogP contribution in [-0.4, -0.2) is 82.3 Å². The molecule has 0 radical (unpaired) electrons. The Hall–Kier alpha value is -1.22. The van der Waals surface area contributed by atoms with Gasteiger partial charge in [-0.2, -0.15) is 0 Å². The number of rotatable bonds is 9. The molecule has 1 saturated heterocycles. The lowest BCUT2D eigenvalue weighted by Crippen LogP contribution is -2.52. The van der Waals surface area contributed by atoms with Gasteiger partial charge in [0.05, 0.1) is 12.8 Å². The highest BCUT2D eigenvalue weighted by atomic mass is 127. The van der Waals surface area contributed by atoms with Crippen LogP contribution in [0.3, 0.4) is 0 Å². The number of piperazine rings is 1. The second-order valence-electron chi connectivity index (χ2n) is 6.85. The molecule has 1 N–H and O–H groups in total. The third kappa shape index (κ3) is 7.31. The first-order valence-corrected chi connectivity index (χ1v) is 10.3. The average molecular weight is 503 g/mol. The Balaban J connectivity index is 0.00000392. The molecule has 0 spiro atoms. The summed E-state index contributed by atoms with van der Waals surface area (Å²) >= 11 is 0. The van der Waals surface area contributed by atoms with Crippen LogP contribution in [0, 0.1) is 0 Å². The van der Waals surface area contributed by atoms with Crippen LogP contribution in [0.1, 0.15) is 26.7 Å². The number of methoxy groups -OCH3 is 1. The van der Waals surface area contributed by atoms with Crippen LogP contribution < -0.4 is 15.0 Å². The summed E-state index contributed by atoms with van der Waals surface area (Å²) in [5.74, 6) is 1.97. The summed E-state index contributed by atoms with van der Waals surface area (Å²) < 4.78 is 5.51. The Morgan fingerprint density at radius 3 is 2.39 bits per heavy atom. The number of ether oxygens (including phenoxy) is 1. The van der Waals surface area contributed by atoms with Crippen molar-refractivity contribution in [2.45, 2.75) is 26.7 Å². The van der Waals surface area contributed by atoms with Crippen molar-refractivity contribution < 1.29 is 4.74 Å². The highest BCUT2D eigenvalue weighted by Crippen LogP contribution is 2.28. The Morgan fingerprint density at radius 1 is 1.11 bits per heavy atom. The molecule has 0 amide bonds. The van der Waals surface area contributed by atoms with E-state index in [0.29, 0.717) is 0 Å². The maximum absolute atomic E-state index is 5.51. The zero-order valence-electron chi connectivity index (χ0n) is 18.0. The fourth-order valence-electron chi connectivity index (χ4n) is 3.58. The predicted molar refractivity (Wildman–Crippen MR) is 131 cm³/mol. The number of benzene rings is 1. The summed E-state index contributed by atoms with van der Waals surface area (Å²) in [4.78, 5) is 11.7. The molecule has 1 aromatic carbocycles. The standard InChI is InChI=1S/C21H37N5O.HI/c1-5-24(6-2)14-10-9-13-23-21(22-3)26-17-15-25(16-18-26)19-11-7-8-12-20(19)27-4;/h7-8,11-12H,5-6,9-10,13-18H2,1-4H3,(H,22,23);1H. The number of para-hydroxylation sites is 2. The minimum atomic E-state index is 0. The number of halogens is 1. The van der Waals surface area contributed by atoms with E-state index in [0.717, 1.165) is 57.5 Å². The van der Waals surface area contributed by atoms with Crippen LogP contribution >= 0.6 is 24.0 Å². The van der Waals surface area contributed by atoms with Gasteiger partial charge in [0.1, 0.15) is 5.75 Å². The largest absolute Gasteiger partial charge is 0.495 e. The van der Waals surface area contributed by atoms with Crippen molar-refractivity contribution in [1.82, 2.24) is 15.1 Å². The molecular formula is C21H38IN5O. The molecule has 1 aliphatic heterocycles. The molecule has 0 atom stereocenters. The van der Waals surface area contributed by atoms with Crippen molar-refractivity contribution in [3.8, 4) is 5.75 Å². The van der Waals surface area contributed by atoms with E-state index in [-0.39, 0.29) is 24.0 Å². The minimum absolute atomic E-state index is 0. The first kappa shape index (κ1) is 24.8. The molecule has 0 bridgehead atoms. The van der Waals surface area contributed by atoms with E-state index in [1.165, 1.54) is 25.1 Å². The SMILES string of the molecule is CCN(CC)CCCCNC(=NC)N1CCN(c2ccccc2OC)CC1.I. The third-order valence-electron chi connectivity index (χ3n) is 5.30. The van der Waals surface area contributed by atoms with Gasteiger partial charge in [0.2, 0.25) is 0 Å². The van der Waals surface area contributed by atoms with Crippen LogP contribution in [0.25, 0.3) is 0 Å². The van der Waals surface area contributed by atoms with Gasteiger partial charge in [-0.05, 0) is 44.6 Å². The molecule has 28 heavy (non-hydrogen) atoms. The Labute approximate surface area is 188 Å². The highest BCUT2D eigenvalue weighted by Gasteiger charge is 2.21. The summed E-state index contributed by atoms with van der Waals surface area (Å²) in [6, 6.07) is 8.26. The summed E-state index contributed by atoms with van der Waals surface area (Å²) in [5.41, 5.74) is 1.18. The van der Waals surface area contributed by atoms with Gasteiger partial charge < -0.3 is 24.8 Å². The normalized spacial score (nSPS) is 14.8. The first-order chi connectivity index (χ1) is 13.2. The lowest BCUT2D eigenvalue weighted by atomic mass is 10.2. The van der Waals surface area contributed by atoms with E-state index in [9.17, 15) is 0 Å². The van der Waals surface area contributed by atoms with Crippen molar-refractivity contribution in [2.75, 3.05) is 71.4 Å². The van der Waals surface area contributed by atoms with E-state index in [1.54, 1.807) is 7.11 Å². The monoisotopic (exact) mass is 503 g/mol. The molecule has 6 nitrogen and oxygen atoms in total. The van der Waals surface area contributed by atoms with Gasteiger partial charge >= 0.3 is 0 Å². The molecule has 0 saturated carbocycles. The molecule has 1 heterocycles. The Kier molecular flexibility index (Phi) is 12.3. The Bertz CT molecular complexity index is 572. The smallest absolute Gasteiger partial charge is 0.193 e. The fourth-order valence-corrected chi connectivity index (χ4v) is 3.58. The van der Waals surface area contributed by atoms with Crippen molar-refractivity contribution in [1.29, 1.82) is 0 Å². The van der Waals surface area contributed by atoms with Gasteiger partial charge in [-0.25, -0.2) is 0 Å². The topological polar surface area (TPSA) is 43.3 Å². The van der Waals surface area contributed by atoms with E-state index >= 15 is 0 Å². The quantitative estimate of drug-likeness (QED) is 0.243. The summed E-state index contributed by atoms with van der Waals surface area (Å²) in [5, 5.41) is 3.54. The number of anilines is 1.